The summed E-state index contributed by atoms with van der Waals surface area (Å²) in [5, 5.41) is 13.9. The van der Waals surface area contributed by atoms with Crippen LogP contribution in [0.2, 0.25) is 0 Å². The molecule has 0 bridgehead atoms. The van der Waals surface area contributed by atoms with Crippen LogP contribution in [0.3, 0.4) is 0 Å². The summed E-state index contributed by atoms with van der Waals surface area (Å²) < 4.78 is 13.0. The molecule has 0 fully saturated rings. The van der Waals surface area contributed by atoms with Gasteiger partial charge in [0.2, 0.25) is 0 Å². The third-order valence-corrected chi connectivity index (χ3v) is 2.12. The van der Waals surface area contributed by atoms with E-state index < -0.39 is 0 Å². The first kappa shape index (κ1) is 11.8. The highest BCUT2D eigenvalue weighted by atomic mass is 19.1. The molecule has 1 heterocycles. The Morgan fingerprint density at radius 2 is 2.00 bits per heavy atom. The SMILES string of the molecule is Cc1nc(NC#N)cc(Nc2cccc(F)c2)n1. The topological polar surface area (TPSA) is 73.6 Å². The Hall–Kier alpha value is -2.68. The van der Waals surface area contributed by atoms with Crippen LogP contribution in [0, 0.1) is 24.2 Å². The third kappa shape index (κ3) is 2.92. The molecule has 2 aromatic rings. The molecule has 0 saturated carbocycles. The van der Waals surface area contributed by atoms with Crippen LogP contribution in [-0.2, 0) is 0 Å². The average molecular weight is 243 g/mol. The molecule has 1 aromatic carbocycles. The zero-order valence-corrected chi connectivity index (χ0v) is 9.61. The number of aryl methyl sites for hydroxylation is 1. The number of rotatable bonds is 3. The number of hydrogen-bond donors (Lipinski definition) is 2. The van der Waals surface area contributed by atoms with Crippen molar-refractivity contribution in [2.24, 2.45) is 0 Å². The highest BCUT2D eigenvalue weighted by Crippen LogP contribution is 2.17. The zero-order valence-electron chi connectivity index (χ0n) is 9.61. The van der Waals surface area contributed by atoms with Gasteiger partial charge in [0.1, 0.15) is 23.3 Å². The Morgan fingerprint density at radius 1 is 1.22 bits per heavy atom. The predicted molar refractivity (Wildman–Crippen MR) is 65.7 cm³/mol. The fourth-order valence-corrected chi connectivity index (χ4v) is 1.47. The van der Waals surface area contributed by atoms with Crippen LogP contribution in [0.4, 0.5) is 21.7 Å². The maximum absolute atomic E-state index is 13.0. The van der Waals surface area contributed by atoms with E-state index in [-0.39, 0.29) is 5.82 Å². The van der Waals surface area contributed by atoms with Crippen molar-refractivity contribution in [1.82, 2.24) is 9.97 Å². The maximum Gasteiger partial charge on any atom is 0.182 e. The number of benzene rings is 1. The molecule has 0 aliphatic heterocycles. The van der Waals surface area contributed by atoms with Gasteiger partial charge in [-0.25, -0.2) is 14.4 Å². The summed E-state index contributed by atoms with van der Waals surface area (Å²) in [5.74, 6) is 1.06. The normalized spacial score (nSPS) is 9.61. The van der Waals surface area contributed by atoms with Crippen LogP contribution in [0.25, 0.3) is 0 Å². The van der Waals surface area contributed by atoms with E-state index in [0.29, 0.717) is 23.1 Å². The molecule has 0 atom stereocenters. The van der Waals surface area contributed by atoms with E-state index in [1.54, 1.807) is 31.3 Å². The minimum Gasteiger partial charge on any atom is -0.340 e. The van der Waals surface area contributed by atoms with Crippen LogP contribution in [-0.4, -0.2) is 9.97 Å². The van der Waals surface area contributed by atoms with Crippen molar-refractivity contribution in [3.63, 3.8) is 0 Å². The number of anilines is 3. The second kappa shape index (κ2) is 5.10. The predicted octanol–water partition coefficient (Wildman–Crippen LogP) is 2.56. The van der Waals surface area contributed by atoms with Crippen LogP contribution in [0.15, 0.2) is 30.3 Å². The molecular formula is C12H10FN5. The van der Waals surface area contributed by atoms with Gasteiger partial charge in [0.25, 0.3) is 0 Å². The van der Waals surface area contributed by atoms with E-state index in [1.165, 1.54) is 12.1 Å². The van der Waals surface area contributed by atoms with E-state index >= 15 is 0 Å². The number of nitrogens with one attached hydrogen (secondary N) is 2. The van der Waals surface area contributed by atoms with Crippen LogP contribution in [0.5, 0.6) is 0 Å². The largest absolute Gasteiger partial charge is 0.340 e. The number of nitrogens with zero attached hydrogens (tertiary/aromatic N) is 3. The van der Waals surface area contributed by atoms with Crippen molar-refractivity contribution in [2.45, 2.75) is 6.92 Å². The Kier molecular flexibility index (Phi) is 3.34. The molecule has 1 aromatic heterocycles. The first-order chi connectivity index (χ1) is 8.67. The standard InChI is InChI=1S/C12H10FN5/c1-8-16-11(15-7-14)6-12(17-8)18-10-4-2-3-9(13)5-10/h2-6H,1H3,(H2,15,16,17,18). The van der Waals surface area contributed by atoms with Crippen LogP contribution < -0.4 is 10.6 Å². The van der Waals surface area contributed by atoms with E-state index in [2.05, 4.69) is 20.6 Å². The van der Waals surface area contributed by atoms with Gasteiger partial charge in [-0.15, -0.1) is 0 Å². The summed E-state index contributed by atoms with van der Waals surface area (Å²) in [5.41, 5.74) is 0.580. The summed E-state index contributed by atoms with van der Waals surface area (Å²) in [6.45, 7) is 1.71. The molecule has 0 spiro atoms. The molecule has 0 amide bonds. The Morgan fingerprint density at radius 3 is 2.72 bits per heavy atom. The molecule has 2 N–H and O–H groups in total. The van der Waals surface area contributed by atoms with Crippen LogP contribution >= 0.6 is 0 Å². The molecule has 0 aliphatic rings. The van der Waals surface area contributed by atoms with E-state index in [9.17, 15) is 4.39 Å². The Labute approximate surface area is 103 Å². The zero-order chi connectivity index (χ0) is 13.0. The Balaban J connectivity index is 2.26. The van der Waals surface area contributed by atoms with Crippen molar-refractivity contribution < 1.29 is 4.39 Å². The second-order valence-electron chi connectivity index (χ2n) is 3.56. The van der Waals surface area contributed by atoms with Crippen molar-refractivity contribution in [3.05, 3.63) is 42.0 Å². The van der Waals surface area contributed by atoms with Gasteiger partial charge < -0.3 is 5.32 Å². The molecule has 2 rings (SSSR count). The fourth-order valence-electron chi connectivity index (χ4n) is 1.47. The lowest BCUT2D eigenvalue weighted by Gasteiger charge is -2.07. The van der Waals surface area contributed by atoms with Crippen molar-refractivity contribution in [2.75, 3.05) is 10.6 Å². The number of halogens is 1. The van der Waals surface area contributed by atoms with E-state index in [1.807, 2.05) is 0 Å². The summed E-state index contributed by atoms with van der Waals surface area (Å²) in [7, 11) is 0. The van der Waals surface area contributed by atoms with Gasteiger partial charge in [-0.2, -0.15) is 5.26 Å². The average Bonchev–Trinajstić information content (AvgIpc) is 2.28. The molecule has 0 saturated heterocycles. The molecule has 0 unspecified atom stereocenters. The number of nitriles is 1. The monoisotopic (exact) mass is 243 g/mol. The third-order valence-electron chi connectivity index (χ3n) is 2.12. The lowest BCUT2D eigenvalue weighted by Crippen LogP contribution is -2.01. The fraction of sp³-hybridized carbons (Fsp3) is 0.0833. The van der Waals surface area contributed by atoms with Crippen molar-refractivity contribution in [3.8, 4) is 6.19 Å². The first-order valence-corrected chi connectivity index (χ1v) is 5.21. The van der Waals surface area contributed by atoms with Gasteiger partial charge >= 0.3 is 0 Å². The van der Waals surface area contributed by atoms with Gasteiger partial charge in [0, 0.05) is 11.8 Å². The molecule has 5 nitrogen and oxygen atoms in total. The second-order valence-corrected chi connectivity index (χ2v) is 3.56. The van der Waals surface area contributed by atoms with Gasteiger partial charge in [-0.05, 0) is 25.1 Å². The van der Waals surface area contributed by atoms with Gasteiger partial charge in [-0.3, -0.25) is 5.32 Å². The van der Waals surface area contributed by atoms with Gasteiger partial charge in [0.15, 0.2) is 6.19 Å². The number of hydrogen-bond acceptors (Lipinski definition) is 5. The summed E-state index contributed by atoms with van der Waals surface area (Å²) >= 11 is 0. The highest BCUT2D eigenvalue weighted by Gasteiger charge is 2.02. The lowest BCUT2D eigenvalue weighted by atomic mass is 10.3. The quantitative estimate of drug-likeness (QED) is 0.640. The molecule has 0 radical (unpaired) electrons. The highest BCUT2D eigenvalue weighted by molar-refractivity contribution is 5.59. The molecule has 90 valence electrons. The lowest BCUT2D eigenvalue weighted by molar-refractivity contribution is 0.628. The minimum atomic E-state index is -0.332. The summed E-state index contributed by atoms with van der Waals surface area (Å²) in [6, 6.07) is 7.60. The summed E-state index contributed by atoms with van der Waals surface area (Å²) in [6.07, 6.45) is 1.78. The Bertz CT molecular complexity index is 606. The summed E-state index contributed by atoms with van der Waals surface area (Å²) in [4.78, 5) is 8.17. The maximum atomic E-state index is 13.0. The molecule has 6 heteroatoms. The molecule has 18 heavy (non-hydrogen) atoms. The first-order valence-electron chi connectivity index (χ1n) is 5.21. The smallest absolute Gasteiger partial charge is 0.182 e. The minimum absolute atomic E-state index is 0.332. The van der Waals surface area contributed by atoms with Crippen LogP contribution in [0.1, 0.15) is 5.82 Å². The van der Waals surface area contributed by atoms with Crippen molar-refractivity contribution >= 4 is 17.3 Å². The van der Waals surface area contributed by atoms with Gasteiger partial charge in [-0.1, -0.05) is 6.07 Å². The van der Waals surface area contributed by atoms with Crippen molar-refractivity contribution in [1.29, 1.82) is 5.26 Å². The molecular weight excluding hydrogens is 233 g/mol. The van der Waals surface area contributed by atoms with E-state index in [0.717, 1.165) is 0 Å². The van der Waals surface area contributed by atoms with E-state index in [4.69, 9.17) is 5.26 Å². The number of aromatic nitrogens is 2. The molecule has 0 aliphatic carbocycles. The van der Waals surface area contributed by atoms with Gasteiger partial charge in [0.05, 0.1) is 0 Å².